The Morgan fingerprint density at radius 3 is 2.54 bits per heavy atom. The topological polar surface area (TPSA) is 116 Å². The van der Waals surface area contributed by atoms with Crippen LogP contribution in [0.5, 0.6) is 0 Å². The van der Waals surface area contributed by atoms with Crippen LogP contribution in [0.3, 0.4) is 0 Å². The number of benzene rings is 1. The van der Waals surface area contributed by atoms with Crippen molar-refractivity contribution in [1.29, 1.82) is 0 Å². The molecule has 1 heterocycles. The van der Waals surface area contributed by atoms with Crippen LogP contribution in [0.4, 0.5) is 11.5 Å². The van der Waals surface area contributed by atoms with Crippen LogP contribution in [-0.2, 0) is 9.59 Å². The number of rotatable bonds is 6. The highest BCUT2D eigenvalue weighted by Crippen LogP contribution is 2.08. The fraction of sp³-hybridized carbons (Fsp3) is 0.125. The number of aromatic nitrogens is 2. The molecule has 24 heavy (non-hydrogen) atoms. The molecule has 0 unspecified atom stereocenters. The first kappa shape index (κ1) is 17.1. The fourth-order valence-electron chi connectivity index (χ4n) is 1.76. The number of para-hydroxylation sites is 1. The minimum atomic E-state index is -0.662. The molecule has 8 nitrogen and oxygen atoms in total. The molecule has 1 aromatic carbocycles. The predicted octanol–water partition coefficient (Wildman–Crippen LogP) is 1.43. The van der Waals surface area contributed by atoms with Gasteiger partial charge in [-0.05, 0) is 25.1 Å². The van der Waals surface area contributed by atoms with E-state index in [0.717, 1.165) is 6.08 Å². The SMILES string of the molecule is C[C@@H](Nc1cnc(/C=C/C(=O)NO)cn1)C(=O)Nc1ccccc1. The molecule has 0 fully saturated rings. The van der Waals surface area contributed by atoms with Gasteiger partial charge in [-0.1, -0.05) is 18.2 Å². The van der Waals surface area contributed by atoms with E-state index in [9.17, 15) is 9.59 Å². The molecule has 1 aromatic heterocycles. The highest BCUT2D eigenvalue weighted by Gasteiger charge is 2.13. The number of anilines is 2. The maximum atomic E-state index is 12.1. The highest BCUT2D eigenvalue weighted by molar-refractivity contribution is 5.96. The first-order valence-electron chi connectivity index (χ1n) is 7.15. The van der Waals surface area contributed by atoms with Crippen molar-refractivity contribution in [3.8, 4) is 0 Å². The zero-order chi connectivity index (χ0) is 17.4. The van der Waals surface area contributed by atoms with Gasteiger partial charge in [-0.15, -0.1) is 0 Å². The molecule has 8 heteroatoms. The molecule has 124 valence electrons. The minimum absolute atomic E-state index is 0.202. The molecule has 0 spiro atoms. The molecule has 2 amide bonds. The molecule has 0 saturated heterocycles. The molecule has 0 radical (unpaired) electrons. The van der Waals surface area contributed by atoms with Crippen molar-refractivity contribution in [1.82, 2.24) is 15.4 Å². The summed E-state index contributed by atoms with van der Waals surface area (Å²) >= 11 is 0. The van der Waals surface area contributed by atoms with Crippen LogP contribution in [0.25, 0.3) is 6.08 Å². The molecule has 2 aromatic rings. The largest absolute Gasteiger partial charge is 0.357 e. The summed E-state index contributed by atoms with van der Waals surface area (Å²) in [6.45, 7) is 1.71. The summed E-state index contributed by atoms with van der Waals surface area (Å²) in [4.78, 5) is 31.2. The molecule has 0 aliphatic rings. The van der Waals surface area contributed by atoms with E-state index in [0.29, 0.717) is 17.2 Å². The summed E-state index contributed by atoms with van der Waals surface area (Å²) in [5.74, 6) is -0.439. The minimum Gasteiger partial charge on any atom is -0.357 e. The first-order valence-corrected chi connectivity index (χ1v) is 7.15. The van der Waals surface area contributed by atoms with E-state index < -0.39 is 11.9 Å². The van der Waals surface area contributed by atoms with Crippen LogP contribution in [0.15, 0.2) is 48.8 Å². The van der Waals surface area contributed by atoms with Crippen LogP contribution >= 0.6 is 0 Å². The molecule has 0 aliphatic carbocycles. The van der Waals surface area contributed by atoms with Gasteiger partial charge in [-0.3, -0.25) is 19.8 Å². The summed E-state index contributed by atoms with van der Waals surface area (Å²) in [5.41, 5.74) is 2.62. The Kier molecular flexibility index (Phi) is 5.98. The Hall–Kier alpha value is -3.26. The Labute approximate surface area is 138 Å². The average Bonchev–Trinajstić information content (AvgIpc) is 2.61. The smallest absolute Gasteiger partial charge is 0.267 e. The van der Waals surface area contributed by atoms with Crippen LogP contribution < -0.4 is 16.1 Å². The van der Waals surface area contributed by atoms with Crippen LogP contribution in [0.2, 0.25) is 0 Å². The molecule has 2 rings (SSSR count). The van der Waals surface area contributed by atoms with Gasteiger partial charge in [0.1, 0.15) is 11.9 Å². The molecular formula is C16H17N5O3. The first-order chi connectivity index (χ1) is 11.6. The second kappa shape index (κ2) is 8.39. The lowest BCUT2D eigenvalue weighted by Gasteiger charge is -2.14. The summed E-state index contributed by atoms with van der Waals surface area (Å²) in [6.07, 6.45) is 5.40. The molecule has 0 bridgehead atoms. The van der Waals surface area contributed by atoms with E-state index in [2.05, 4.69) is 20.6 Å². The predicted molar refractivity (Wildman–Crippen MR) is 89.2 cm³/mol. The van der Waals surface area contributed by atoms with Gasteiger partial charge in [-0.25, -0.2) is 10.5 Å². The van der Waals surface area contributed by atoms with Gasteiger partial charge >= 0.3 is 0 Å². The third kappa shape index (κ3) is 5.18. The molecular weight excluding hydrogens is 310 g/mol. The van der Waals surface area contributed by atoms with Gasteiger partial charge in [0.05, 0.1) is 18.1 Å². The van der Waals surface area contributed by atoms with E-state index in [1.165, 1.54) is 23.9 Å². The van der Waals surface area contributed by atoms with Gasteiger partial charge in [0, 0.05) is 11.8 Å². The van der Waals surface area contributed by atoms with Crippen molar-refractivity contribution in [2.24, 2.45) is 0 Å². The van der Waals surface area contributed by atoms with Crippen LogP contribution in [-0.4, -0.2) is 33.0 Å². The molecule has 0 aliphatic heterocycles. The van der Waals surface area contributed by atoms with Crippen molar-refractivity contribution in [2.45, 2.75) is 13.0 Å². The molecule has 4 N–H and O–H groups in total. The Morgan fingerprint density at radius 1 is 1.17 bits per heavy atom. The van der Waals surface area contributed by atoms with Gasteiger partial charge in [0.25, 0.3) is 5.91 Å². The maximum absolute atomic E-state index is 12.1. The van der Waals surface area contributed by atoms with Crippen molar-refractivity contribution >= 4 is 29.4 Å². The number of carbonyl (C=O) groups excluding carboxylic acids is 2. The Bertz CT molecular complexity index is 716. The number of carbonyl (C=O) groups is 2. The van der Waals surface area contributed by atoms with Gasteiger partial charge in [-0.2, -0.15) is 0 Å². The number of hydroxylamine groups is 1. The summed E-state index contributed by atoms with van der Waals surface area (Å²) in [5, 5.41) is 14.1. The second-order valence-corrected chi connectivity index (χ2v) is 4.86. The van der Waals surface area contributed by atoms with Crippen LogP contribution in [0, 0.1) is 0 Å². The van der Waals surface area contributed by atoms with Gasteiger partial charge < -0.3 is 10.6 Å². The normalized spacial score (nSPS) is 11.8. The lowest BCUT2D eigenvalue weighted by Crippen LogP contribution is -2.32. The third-order valence-corrected chi connectivity index (χ3v) is 2.99. The molecule has 0 saturated carbocycles. The third-order valence-electron chi connectivity index (χ3n) is 2.99. The highest BCUT2D eigenvalue weighted by atomic mass is 16.5. The van der Waals surface area contributed by atoms with Gasteiger partial charge in [0.15, 0.2) is 0 Å². The fourth-order valence-corrected chi connectivity index (χ4v) is 1.76. The van der Waals surface area contributed by atoms with E-state index in [1.54, 1.807) is 19.1 Å². The number of nitrogens with one attached hydrogen (secondary N) is 3. The standard InChI is InChI=1S/C16H17N5O3/c1-11(16(23)20-12-5-3-2-4-6-12)19-14-10-17-13(9-18-14)7-8-15(22)21-24/h2-11,24H,1H3,(H,18,19)(H,20,23)(H,21,22)/b8-7+/t11-/m1/s1. The van der Waals surface area contributed by atoms with E-state index >= 15 is 0 Å². The number of nitrogens with zero attached hydrogens (tertiary/aromatic N) is 2. The zero-order valence-corrected chi connectivity index (χ0v) is 12.9. The number of amides is 2. The van der Waals surface area contributed by atoms with Gasteiger partial charge in [0.2, 0.25) is 5.91 Å². The Morgan fingerprint density at radius 2 is 1.92 bits per heavy atom. The summed E-state index contributed by atoms with van der Waals surface area (Å²) < 4.78 is 0. The maximum Gasteiger partial charge on any atom is 0.267 e. The van der Waals surface area contributed by atoms with Crippen LogP contribution in [0.1, 0.15) is 12.6 Å². The zero-order valence-electron chi connectivity index (χ0n) is 12.9. The average molecular weight is 327 g/mol. The summed E-state index contributed by atoms with van der Waals surface area (Å²) in [6, 6.07) is 8.63. The quantitative estimate of drug-likeness (QED) is 0.362. The second-order valence-electron chi connectivity index (χ2n) is 4.86. The number of hydrogen-bond donors (Lipinski definition) is 4. The van der Waals surface area contributed by atoms with E-state index in [-0.39, 0.29) is 5.91 Å². The van der Waals surface area contributed by atoms with E-state index in [1.807, 2.05) is 18.2 Å². The van der Waals surface area contributed by atoms with Crippen molar-refractivity contribution in [3.05, 3.63) is 54.5 Å². The van der Waals surface area contributed by atoms with E-state index in [4.69, 9.17) is 5.21 Å². The summed E-state index contributed by atoms with van der Waals surface area (Å²) in [7, 11) is 0. The Balaban J connectivity index is 1.91. The lowest BCUT2D eigenvalue weighted by atomic mass is 10.2. The van der Waals surface area contributed by atoms with Crippen molar-refractivity contribution in [2.75, 3.05) is 10.6 Å². The lowest BCUT2D eigenvalue weighted by molar-refractivity contribution is -0.124. The molecule has 1 atom stereocenters. The monoisotopic (exact) mass is 327 g/mol. The number of hydrogen-bond acceptors (Lipinski definition) is 6. The van der Waals surface area contributed by atoms with Crippen molar-refractivity contribution in [3.63, 3.8) is 0 Å². The van der Waals surface area contributed by atoms with Crippen molar-refractivity contribution < 1.29 is 14.8 Å².